The number of aliphatic carboxylic acids is 1. The zero-order valence-electron chi connectivity index (χ0n) is 11.6. The molecule has 2 atom stereocenters. The van der Waals surface area contributed by atoms with Crippen molar-refractivity contribution in [2.75, 3.05) is 7.11 Å². The second-order valence-electron chi connectivity index (χ2n) is 4.85. The van der Waals surface area contributed by atoms with Gasteiger partial charge in [0.2, 0.25) is 0 Å². The molecule has 0 saturated carbocycles. The number of hydrogen-bond acceptors (Lipinski definition) is 3. The molecule has 2 unspecified atom stereocenters. The average Bonchev–Trinajstić information content (AvgIpc) is 2.43. The Labute approximate surface area is 114 Å². The summed E-state index contributed by atoms with van der Waals surface area (Å²) < 4.78 is 5.12. The van der Waals surface area contributed by atoms with Gasteiger partial charge in [-0.2, -0.15) is 0 Å². The fourth-order valence-electron chi connectivity index (χ4n) is 2.08. The number of carbonyl (C=O) groups is 1. The number of carboxylic acid groups (broad SMARTS) is 1. The zero-order chi connectivity index (χ0) is 14.3. The molecule has 4 nitrogen and oxygen atoms in total. The predicted molar refractivity (Wildman–Crippen MR) is 75.3 cm³/mol. The number of rotatable bonds is 8. The zero-order valence-corrected chi connectivity index (χ0v) is 11.6. The van der Waals surface area contributed by atoms with Crippen molar-refractivity contribution >= 4 is 5.97 Å². The molecule has 0 heterocycles. The maximum atomic E-state index is 10.7. The Kier molecular flexibility index (Phi) is 6.36. The summed E-state index contributed by atoms with van der Waals surface area (Å²) in [4.78, 5) is 10.7. The van der Waals surface area contributed by atoms with Gasteiger partial charge < -0.3 is 15.6 Å². The highest BCUT2D eigenvalue weighted by Crippen LogP contribution is 2.20. The van der Waals surface area contributed by atoms with Crippen LogP contribution in [-0.2, 0) is 11.2 Å². The van der Waals surface area contributed by atoms with Gasteiger partial charge in [-0.05, 0) is 42.9 Å². The van der Waals surface area contributed by atoms with Crippen LogP contribution >= 0.6 is 0 Å². The standard InChI is InChI=1S/C15H23NO3/c1-3-11(6-9-14(16)15(17)18)10-12-4-7-13(19-2)8-5-12/h4-5,7-8,11,14H,3,6,9-10,16H2,1-2H3,(H,17,18). The van der Waals surface area contributed by atoms with Crippen LogP contribution < -0.4 is 10.5 Å². The Hall–Kier alpha value is -1.55. The highest BCUT2D eigenvalue weighted by atomic mass is 16.5. The smallest absolute Gasteiger partial charge is 0.320 e. The van der Waals surface area contributed by atoms with Crippen LogP contribution in [0.25, 0.3) is 0 Å². The first-order chi connectivity index (χ1) is 9.06. The SMILES string of the molecule is CCC(CCC(N)C(=O)O)Cc1ccc(OC)cc1. The third kappa shape index (κ3) is 5.30. The summed E-state index contributed by atoms with van der Waals surface area (Å²) in [7, 11) is 1.65. The molecule has 0 aliphatic rings. The summed E-state index contributed by atoms with van der Waals surface area (Å²) in [6.45, 7) is 2.13. The van der Waals surface area contributed by atoms with Gasteiger partial charge in [-0.3, -0.25) is 4.79 Å². The molecule has 0 aromatic heterocycles. The van der Waals surface area contributed by atoms with Gasteiger partial charge in [0, 0.05) is 0 Å². The van der Waals surface area contributed by atoms with Crippen molar-refractivity contribution in [3.63, 3.8) is 0 Å². The molecule has 1 aromatic rings. The Bertz CT molecular complexity index is 389. The third-order valence-electron chi connectivity index (χ3n) is 3.46. The van der Waals surface area contributed by atoms with E-state index in [0.29, 0.717) is 12.3 Å². The molecule has 3 N–H and O–H groups in total. The first kappa shape index (κ1) is 15.5. The number of ether oxygens (including phenoxy) is 1. The van der Waals surface area contributed by atoms with Crippen LogP contribution in [0.1, 0.15) is 31.7 Å². The summed E-state index contributed by atoms with van der Waals surface area (Å²) in [6.07, 6.45) is 3.35. The molecule has 0 amide bonds. The van der Waals surface area contributed by atoms with Gasteiger partial charge in [0.1, 0.15) is 11.8 Å². The van der Waals surface area contributed by atoms with E-state index in [4.69, 9.17) is 15.6 Å². The van der Waals surface area contributed by atoms with Gasteiger partial charge in [0.05, 0.1) is 7.11 Å². The molecule has 0 aliphatic carbocycles. The summed E-state index contributed by atoms with van der Waals surface area (Å²) in [5.74, 6) is 0.405. The van der Waals surface area contributed by atoms with Crippen molar-refractivity contribution in [2.24, 2.45) is 11.7 Å². The van der Waals surface area contributed by atoms with Crippen LogP contribution in [0, 0.1) is 5.92 Å². The fraction of sp³-hybridized carbons (Fsp3) is 0.533. The molecule has 0 saturated heterocycles. The van der Waals surface area contributed by atoms with Gasteiger partial charge in [0.25, 0.3) is 0 Å². The molecule has 0 fully saturated rings. The Morgan fingerprint density at radius 3 is 2.42 bits per heavy atom. The topological polar surface area (TPSA) is 72.6 Å². The lowest BCUT2D eigenvalue weighted by Gasteiger charge is -2.16. The lowest BCUT2D eigenvalue weighted by atomic mass is 9.91. The molecule has 0 aliphatic heterocycles. The molecule has 1 aromatic carbocycles. The highest BCUT2D eigenvalue weighted by Gasteiger charge is 2.15. The third-order valence-corrected chi connectivity index (χ3v) is 3.46. The molecule has 4 heteroatoms. The first-order valence-corrected chi connectivity index (χ1v) is 6.68. The van der Waals surface area contributed by atoms with Crippen LogP contribution in [-0.4, -0.2) is 24.2 Å². The minimum absolute atomic E-state index is 0.471. The Balaban J connectivity index is 2.49. The maximum Gasteiger partial charge on any atom is 0.320 e. The normalized spacial score (nSPS) is 13.8. The van der Waals surface area contributed by atoms with Crippen molar-refractivity contribution in [3.05, 3.63) is 29.8 Å². The van der Waals surface area contributed by atoms with Crippen molar-refractivity contribution in [1.29, 1.82) is 0 Å². The van der Waals surface area contributed by atoms with E-state index in [9.17, 15) is 4.79 Å². The van der Waals surface area contributed by atoms with E-state index in [1.165, 1.54) is 5.56 Å². The molecule has 19 heavy (non-hydrogen) atoms. The molecule has 0 radical (unpaired) electrons. The van der Waals surface area contributed by atoms with Crippen LogP contribution in [0.2, 0.25) is 0 Å². The lowest BCUT2D eigenvalue weighted by Crippen LogP contribution is -2.30. The van der Waals surface area contributed by atoms with E-state index in [1.807, 2.05) is 12.1 Å². The summed E-state index contributed by atoms with van der Waals surface area (Å²) in [5, 5.41) is 8.78. The van der Waals surface area contributed by atoms with Crippen LogP contribution in [0.15, 0.2) is 24.3 Å². The van der Waals surface area contributed by atoms with E-state index in [0.717, 1.165) is 25.0 Å². The summed E-state index contributed by atoms with van der Waals surface area (Å²) in [5.41, 5.74) is 6.78. The number of benzene rings is 1. The monoisotopic (exact) mass is 265 g/mol. The van der Waals surface area contributed by atoms with Gasteiger partial charge in [-0.15, -0.1) is 0 Å². The maximum absolute atomic E-state index is 10.7. The lowest BCUT2D eigenvalue weighted by molar-refractivity contribution is -0.138. The number of methoxy groups -OCH3 is 1. The number of nitrogens with two attached hydrogens (primary N) is 1. The summed E-state index contributed by atoms with van der Waals surface area (Å²) >= 11 is 0. The van der Waals surface area contributed by atoms with Gasteiger partial charge in [0.15, 0.2) is 0 Å². The van der Waals surface area contributed by atoms with Gasteiger partial charge >= 0.3 is 5.97 Å². The highest BCUT2D eigenvalue weighted by molar-refractivity contribution is 5.72. The van der Waals surface area contributed by atoms with Gasteiger partial charge in [-0.1, -0.05) is 25.5 Å². The number of hydrogen-bond donors (Lipinski definition) is 2. The van der Waals surface area contributed by atoms with Gasteiger partial charge in [-0.25, -0.2) is 0 Å². The molecule has 1 rings (SSSR count). The quantitative estimate of drug-likeness (QED) is 0.757. The fourth-order valence-corrected chi connectivity index (χ4v) is 2.08. The van der Waals surface area contributed by atoms with Crippen molar-refractivity contribution in [3.8, 4) is 5.75 Å². The summed E-state index contributed by atoms with van der Waals surface area (Å²) in [6, 6.07) is 7.26. The van der Waals surface area contributed by atoms with E-state index in [1.54, 1.807) is 7.11 Å². The van der Waals surface area contributed by atoms with E-state index < -0.39 is 12.0 Å². The van der Waals surface area contributed by atoms with Crippen LogP contribution in [0.3, 0.4) is 0 Å². The molecule has 0 spiro atoms. The molecular weight excluding hydrogens is 242 g/mol. The van der Waals surface area contributed by atoms with Crippen molar-refractivity contribution in [1.82, 2.24) is 0 Å². The van der Waals surface area contributed by atoms with E-state index in [2.05, 4.69) is 19.1 Å². The molecule has 0 bridgehead atoms. The van der Waals surface area contributed by atoms with Crippen LogP contribution in [0.5, 0.6) is 5.75 Å². The largest absolute Gasteiger partial charge is 0.497 e. The molecular formula is C15H23NO3. The van der Waals surface area contributed by atoms with E-state index in [-0.39, 0.29) is 0 Å². The first-order valence-electron chi connectivity index (χ1n) is 6.68. The van der Waals surface area contributed by atoms with E-state index >= 15 is 0 Å². The second kappa shape index (κ2) is 7.79. The number of carboxylic acids is 1. The van der Waals surface area contributed by atoms with Crippen molar-refractivity contribution < 1.29 is 14.6 Å². The minimum Gasteiger partial charge on any atom is -0.497 e. The van der Waals surface area contributed by atoms with Crippen LogP contribution in [0.4, 0.5) is 0 Å². The minimum atomic E-state index is -0.917. The second-order valence-corrected chi connectivity index (χ2v) is 4.85. The Morgan fingerprint density at radius 1 is 1.32 bits per heavy atom. The average molecular weight is 265 g/mol. The molecule has 106 valence electrons. The Morgan fingerprint density at radius 2 is 1.95 bits per heavy atom. The van der Waals surface area contributed by atoms with Crippen molar-refractivity contribution in [2.45, 2.75) is 38.6 Å². The predicted octanol–water partition coefficient (Wildman–Crippen LogP) is 2.46.